The fourth-order valence-corrected chi connectivity index (χ4v) is 2.42. The topological polar surface area (TPSA) is 84.6 Å². The first-order valence-electron chi connectivity index (χ1n) is 6.48. The highest BCUT2D eigenvalue weighted by molar-refractivity contribution is 8.15. The van der Waals surface area contributed by atoms with Crippen LogP contribution >= 0.6 is 23.4 Å². The molecule has 0 bridgehead atoms. The minimum absolute atomic E-state index is 0.00467. The number of nitrogens with one attached hydrogen (secondary N) is 1. The molecule has 0 amide bonds. The Kier molecular flexibility index (Phi) is 5.72. The largest absolute Gasteiger partial charge is 0.292 e. The molecule has 6 nitrogen and oxygen atoms in total. The Morgan fingerprint density at radius 3 is 2.30 bits per heavy atom. The van der Waals surface area contributed by atoms with E-state index in [-0.39, 0.29) is 16.5 Å². The van der Waals surface area contributed by atoms with Crippen molar-refractivity contribution in [3.63, 3.8) is 0 Å². The van der Waals surface area contributed by atoms with Gasteiger partial charge in [0.05, 0.1) is 10.6 Å². The van der Waals surface area contributed by atoms with Gasteiger partial charge >= 0.3 is 0 Å². The Morgan fingerprint density at radius 2 is 1.78 bits per heavy atom. The summed E-state index contributed by atoms with van der Waals surface area (Å²) in [6.07, 6.45) is 0. The maximum atomic E-state index is 11.7. The maximum absolute atomic E-state index is 11.7. The number of hydrogen-bond donors (Lipinski definition) is 1. The number of hydrogen-bond acceptors (Lipinski definition) is 6. The van der Waals surface area contributed by atoms with Gasteiger partial charge in [0.15, 0.2) is 10.8 Å². The van der Waals surface area contributed by atoms with Gasteiger partial charge in [-0.25, -0.2) is 0 Å². The third kappa shape index (κ3) is 5.08. The van der Waals surface area contributed by atoms with E-state index in [2.05, 4.69) is 10.5 Å². The minimum Gasteiger partial charge on any atom is -0.292 e. The molecule has 23 heavy (non-hydrogen) atoms. The van der Waals surface area contributed by atoms with Crippen LogP contribution in [0.2, 0.25) is 5.02 Å². The molecule has 0 aromatic heterocycles. The van der Waals surface area contributed by atoms with Crippen LogP contribution in [0.15, 0.2) is 58.5 Å². The van der Waals surface area contributed by atoms with E-state index < -0.39 is 4.92 Å². The lowest BCUT2D eigenvalue weighted by Gasteiger charge is -2.05. The fourth-order valence-electron chi connectivity index (χ4n) is 1.56. The van der Waals surface area contributed by atoms with Crippen molar-refractivity contribution in [3.05, 3.63) is 63.7 Å². The van der Waals surface area contributed by atoms with Gasteiger partial charge in [-0.3, -0.25) is 20.3 Å². The normalized spacial score (nSPS) is 11.1. The predicted molar refractivity (Wildman–Crippen MR) is 92.1 cm³/mol. The van der Waals surface area contributed by atoms with Gasteiger partial charge in [0, 0.05) is 29.0 Å². The third-order valence-electron chi connectivity index (χ3n) is 2.69. The number of anilines is 1. The van der Waals surface area contributed by atoms with Gasteiger partial charge < -0.3 is 0 Å². The monoisotopic (exact) mass is 349 g/mol. The van der Waals surface area contributed by atoms with Crippen molar-refractivity contribution < 1.29 is 9.72 Å². The molecule has 0 saturated carbocycles. The van der Waals surface area contributed by atoms with Crippen LogP contribution in [-0.2, 0) is 4.79 Å². The van der Waals surface area contributed by atoms with Crippen LogP contribution in [0.3, 0.4) is 0 Å². The Morgan fingerprint density at radius 1 is 1.17 bits per heavy atom. The van der Waals surface area contributed by atoms with E-state index in [1.165, 1.54) is 19.1 Å². The van der Waals surface area contributed by atoms with Gasteiger partial charge in [0.25, 0.3) is 5.69 Å². The zero-order valence-corrected chi connectivity index (χ0v) is 13.6. The predicted octanol–water partition coefficient (Wildman–Crippen LogP) is 4.35. The average molecular weight is 350 g/mol. The number of Topliss-reactive ketones (excluding diaryl/α,β-unsaturated/α-hetero) is 1. The lowest BCUT2D eigenvalue weighted by Crippen LogP contribution is -2.08. The summed E-state index contributed by atoms with van der Waals surface area (Å²) in [6, 6.07) is 12.8. The molecule has 2 aromatic rings. The van der Waals surface area contributed by atoms with E-state index in [0.29, 0.717) is 15.6 Å². The van der Waals surface area contributed by atoms with Gasteiger partial charge in [0.2, 0.25) is 0 Å². The summed E-state index contributed by atoms with van der Waals surface area (Å²) in [4.78, 5) is 22.5. The van der Waals surface area contributed by atoms with Gasteiger partial charge in [-0.05, 0) is 36.4 Å². The van der Waals surface area contributed by atoms with E-state index in [9.17, 15) is 14.9 Å². The van der Waals surface area contributed by atoms with Crippen molar-refractivity contribution in [2.24, 2.45) is 5.10 Å². The molecule has 0 heterocycles. The van der Waals surface area contributed by atoms with E-state index >= 15 is 0 Å². The molecule has 0 atom stereocenters. The molecule has 0 radical (unpaired) electrons. The molecular weight excluding hydrogens is 338 g/mol. The number of thioether (sulfide) groups is 1. The third-order valence-corrected chi connectivity index (χ3v) is 4.03. The number of rotatable bonds is 5. The van der Waals surface area contributed by atoms with Gasteiger partial charge in [-0.1, -0.05) is 23.4 Å². The Labute approximate surface area is 141 Å². The SMILES string of the molecule is CC(=O)/C(=N\Nc1ccc(Cl)cc1)Sc1ccc([N+](=O)[O-])cc1. The molecule has 0 fully saturated rings. The summed E-state index contributed by atoms with van der Waals surface area (Å²) < 4.78 is 0. The number of nitro groups is 1. The summed E-state index contributed by atoms with van der Waals surface area (Å²) in [5.74, 6) is -0.213. The van der Waals surface area contributed by atoms with Gasteiger partial charge in [-0.15, -0.1) is 0 Å². The van der Waals surface area contributed by atoms with Crippen LogP contribution in [0.1, 0.15) is 6.92 Å². The Bertz CT molecular complexity index is 746. The second kappa shape index (κ2) is 7.75. The first-order valence-corrected chi connectivity index (χ1v) is 7.67. The number of hydrazone groups is 1. The number of halogens is 1. The second-order valence-electron chi connectivity index (χ2n) is 4.44. The smallest absolute Gasteiger partial charge is 0.269 e. The van der Waals surface area contributed by atoms with Crippen molar-refractivity contribution in [1.82, 2.24) is 0 Å². The van der Waals surface area contributed by atoms with Crippen molar-refractivity contribution >= 4 is 45.6 Å². The van der Waals surface area contributed by atoms with Crippen LogP contribution in [0.5, 0.6) is 0 Å². The number of nitrogens with zero attached hydrogens (tertiary/aromatic N) is 2. The molecule has 8 heteroatoms. The molecule has 0 aliphatic heterocycles. The van der Waals surface area contributed by atoms with Crippen LogP contribution in [0.25, 0.3) is 0 Å². The van der Waals surface area contributed by atoms with Crippen molar-refractivity contribution in [2.45, 2.75) is 11.8 Å². The summed E-state index contributed by atoms with van der Waals surface area (Å²) in [6.45, 7) is 1.40. The number of carbonyl (C=O) groups is 1. The first kappa shape index (κ1) is 17.0. The van der Waals surface area contributed by atoms with E-state index in [1.54, 1.807) is 36.4 Å². The highest BCUT2D eigenvalue weighted by Gasteiger charge is 2.11. The Balaban J connectivity index is 2.11. The minimum atomic E-state index is -0.476. The number of ketones is 1. The van der Waals surface area contributed by atoms with Gasteiger partial charge in [0.1, 0.15) is 0 Å². The molecule has 1 N–H and O–H groups in total. The summed E-state index contributed by atoms with van der Waals surface area (Å²) in [5.41, 5.74) is 3.47. The van der Waals surface area contributed by atoms with E-state index in [1.807, 2.05) is 0 Å². The Hall–Kier alpha value is -2.38. The molecule has 0 aliphatic carbocycles. The molecule has 0 saturated heterocycles. The van der Waals surface area contributed by atoms with E-state index in [0.717, 1.165) is 11.8 Å². The number of carbonyl (C=O) groups excluding carboxylic acids is 1. The summed E-state index contributed by atoms with van der Waals surface area (Å²) in [7, 11) is 0. The standard InChI is InChI=1S/C15H12ClN3O3S/c1-10(20)15(18-17-12-4-2-11(16)3-5-12)23-14-8-6-13(7-9-14)19(21)22/h2-9,17H,1H3/b18-15+. The van der Waals surface area contributed by atoms with Crippen LogP contribution in [-0.4, -0.2) is 15.8 Å². The first-order chi connectivity index (χ1) is 11.0. The molecular formula is C15H12ClN3O3S. The van der Waals surface area contributed by atoms with E-state index in [4.69, 9.17) is 11.6 Å². The fraction of sp³-hybridized carbons (Fsp3) is 0.0667. The van der Waals surface area contributed by atoms with Crippen LogP contribution < -0.4 is 5.43 Å². The lowest BCUT2D eigenvalue weighted by atomic mass is 10.3. The number of nitro benzene ring substituents is 1. The number of non-ortho nitro benzene ring substituents is 1. The highest BCUT2D eigenvalue weighted by Crippen LogP contribution is 2.23. The van der Waals surface area contributed by atoms with Crippen LogP contribution in [0, 0.1) is 10.1 Å². The molecule has 2 rings (SSSR count). The van der Waals surface area contributed by atoms with Crippen molar-refractivity contribution in [3.8, 4) is 0 Å². The highest BCUT2D eigenvalue weighted by atomic mass is 35.5. The summed E-state index contributed by atoms with van der Waals surface area (Å²) >= 11 is 6.93. The second-order valence-corrected chi connectivity index (χ2v) is 5.94. The molecule has 0 unspecified atom stereocenters. The lowest BCUT2D eigenvalue weighted by molar-refractivity contribution is -0.384. The maximum Gasteiger partial charge on any atom is 0.269 e. The molecule has 2 aromatic carbocycles. The number of benzene rings is 2. The average Bonchev–Trinajstić information content (AvgIpc) is 2.53. The zero-order chi connectivity index (χ0) is 16.8. The molecule has 118 valence electrons. The summed E-state index contributed by atoms with van der Waals surface area (Å²) in [5, 5.41) is 15.6. The van der Waals surface area contributed by atoms with Crippen molar-refractivity contribution in [2.75, 3.05) is 5.43 Å². The quantitative estimate of drug-likeness (QED) is 0.285. The van der Waals surface area contributed by atoms with Crippen molar-refractivity contribution in [1.29, 1.82) is 0 Å². The molecule has 0 spiro atoms. The molecule has 0 aliphatic rings. The van der Waals surface area contributed by atoms with Crippen LogP contribution in [0.4, 0.5) is 11.4 Å². The zero-order valence-electron chi connectivity index (χ0n) is 12.0. The van der Waals surface area contributed by atoms with Gasteiger partial charge in [-0.2, -0.15) is 5.10 Å².